The molecular weight excluding hydrogens is 522 g/mol. The molecule has 3 aromatic carbocycles. The van der Waals surface area contributed by atoms with E-state index in [9.17, 15) is 19.2 Å². The predicted octanol–water partition coefficient (Wildman–Crippen LogP) is 3.71. The molecule has 3 N–H and O–H groups in total. The van der Waals surface area contributed by atoms with Crippen molar-refractivity contribution in [1.82, 2.24) is 16.0 Å². The lowest BCUT2D eigenvalue weighted by atomic mass is 9.98. The normalized spacial score (nSPS) is 12.9. The maximum atomic E-state index is 12.7. The largest absolute Gasteiger partial charge is 0.458 e. The SMILES string of the molecule is CC(C)(C)OC(=O)C(Cc1ccccc1)NC(=O)CNC(=O)CNC(=O)OCC1c2ccccc2-c2ccccc21. The van der Waals surface area contributed by atoms with E-state index in [-0.39, 0.29) is 32.0 Å². The zero-order valence-corrected chi connectivity index (χ0v) is 23.4. The molecule has 9 heteroatoms. The van der Waals surface area contributed by atoms with Gasteiger partial charge in [-0.05, 0) is 48.6 Å². The van der Waals surface area contributed by atoms with Crippen LogP contribution in [0.15, 0.2) is 78.9 Å². The number of benzene rings is 3. The van der Waals surface area contributed by atoms with Crippen molar-refractivity contribution in [1.29, 1.82) is 0 Å². The lowest BCUT2D eigenvalue weighted by Crippen LogP contribution is -2.49. The monoisotopic (exact) mass is 557 g/mol. The molecule has 41 heavy (non-hydrogen) atoms. The van der Waals surface area contributed by atoms with Gasteiger partial charge in [-0.25, -0.2) is 9.59 Å². The molecule has 0 saturated carbocycles. The van der Waals surface area contributed by atoms with Gasteiger partial charge in [0.1, 0.15) is 24.8 Å². The Morgan fingerprint density at radius 2 is 1.32 bits per heavy atom. The summed E-state index contributed by atoms with van der Waals surface area (Å²) in [6.07, 6.45) is -0.502. The lowest BCUT2D eigenvalue weighted by Gasteiger charge is -2.24. The third kappa shape index (κ3) is 8.17. The van der Waals surface area contributed by atoms with Crippen LogP contribution < -0.4 is 16.0 Å². The Labute approximate surface area is 239 Å². The molecule has 1 aliphatic carbocycles. The summed E-state index contributed by atoms with van der Waals surface area (Å²) in [5.74, 6) is -1.81. The molecule has 0 fully saturated rings. The molecule has 4 rings (SSSR count). The first-order valence-corrected chi connectivity index (χ1v) is 13.5. The average molecular weight is 558 g/mol. The van der Waals surface area contributed by atoms with Crippen LogP contribution in [0.4, 0.5) is 4.79 Å². The second-order valence-electron chi connectivity index (χ2n) is 10.8. The summed E-state index contributed by atoms with van der Waals surface area (Å²) in [6, 6.07) is 24.3. The maximum absolute atomic E-state index is 12.7. The van der Waals surface area contributed by atoms with E-state index >= 15 is 0 Å². The van der Waals surface area contributed by atoms with E-state index < -0.39 is 35.5 Å². The molecule has 3 aromatic rings. The molecule has 0 aliphatic heterocycles. The first kappa shape index (κ1) is 29.3. The standard InChI is InChI=1S/C32H35N3O6/c1-32(2,3)41-30(38)27(17-21-11-5-4-6-12-21)35-29(37)19-33-28(36)18-34-31(39)40-20-26-24-15-9-7-13-22(24)23-14-8-10-16-25(23)26/h4-16,26-27H,17-20H2,1-3H3,(H,33,36)(H,34,39)(H,35,37). The average Bonchev–Trinajstić information content (AvgIpc) is 3.26. The molecule has 3 amide bonds. The topological polar surface area (TPSA) is 123 Å². The number of fused-ring (bicyclic) bond motifs is 3. The van der Waals surface area contributed by atoms with Crippen molar-refractivity contribution in [3.8, 4) is 11.1 Å². The Morgan fingerprint density at radius 3 is 1.93 bits per heavy atom. The van der Waals surface area contributed by atoms with Crippen LogP contribution >= 0.6 is 0 Å². The van der Waals surface area contributed by atoms with E-state index in [1.807, 2.05) is 78.9 Å². The smallest absolute Gasteiger partial charge is 0.407 e. The Hall–Kier alpha value is -4.66. The number of hydrogen-bond donors (Lipinski definition) is 3. The van der Waals surface area contributed by atoms with Gasteiger partial charge in [0, 0.05) is 12.3 Å². The minimum Gasteiger partial charge on any atom is -0.458 e. The van der Waals surface area contributed by atoms with Crippen LogP contribution in [0.25, 0.3) is 11.1 Å². The molecule has 0 radical (unpaired) electrons. The van der Waals surface area contributed by atoms with Crippen molar-refractivity contribution < 1.29 is 28.7 Å². The summed E-state index contributed by atoms with van der Waals surface area (Å²) in [5, 5.41) is 7.50. The highest BCUT2D eigenvalue weighted by atomic mass is 16.6. The highest BCUT2D eigenvalue weighted by Crippen LogP contribution is 2.44. The second kappa shape index (κ2) is 13.1. The molecule has 9 nitrogen and oxygen atoms in total. The Morgan fingerprint density at radius 1 is 0.756 bits per heavy atom. The van der Waals surface area contributed by atoms with Crippen molar-refractivity contribution in [3.63, 3.8) is 0 Å². The Kier molecular flexibility index (Phi) is 9.39. The van der Waals surface area contributed by atoms with E-state index in [0.717, 1.165) is 27.8 Å². The number of carbonyl (C=O) groups is 4. The van der Waals surface area contributed by atoms with Gasteiger partial charge >= 0.3 is 12.1 Å². The summed E-state index contributed by atoms with van der Waals surface area (Å²) < 4.78 is 10.9. The summed E-state index contributed by atoms with van der Waals surface area (Å²) in [5.41, 5.74) is 4.53. The number of alkyl carbamates (subject to hydrolysis) is 1. The quantitative estimate of drug-likeness (QED) is 0.327. The van der Waals surface area contributed by atoms with Gasteiger partial charge in [-0.1, -0.05) is 78.9 Å². The van der Waals surface area contributed by atoms with Gasteiger partial charge in [-0.3, -0.25) is 9.59 Å². The highest BCUT2D eigenvalue weighted by Gasteiger charge is 2.29. The molecular formula is C32H35N3O6. The van der Waals surface area contributed by atoms with Gasteiger partial charge in [0.2, 0.25) is 11.8 Å². The molecule has 0 saturated heterocycles. The number of ether oxygens (including phenoxy) is 2. The Balaban J connectivity index is 1.23. The maximum Gasteiger partial charge on any atom is 0.407 e. The van der Waals surface area contributed by atoms with Crippen molar-refractivity contribution in [2.75, 3.05) is 19.7 Å². The van der Waals surface area contributed by atoms with Crippen LogP contribution in [0.2, 0.25) is 0 Å². The Bertz CT molecular complexity index is 1350. The fourth-order valence-corrected chi connectivity index (χ4v) is 4.70. The summed E-state index contributed by atoms with van der Waals surface area (Å²) in [7, 11) is 0. The molecule has 0 spiro atoms. The molecule has 1 aliphatic rings. The highest BCUT2D eigenvalue weighted by molar-refractivity contribution is 5.89. The van der Waals surface area contributed by atoms with Crippen LogP contribution in [0, 0.1) is 0 Å². The van der Waals surface area contributed by atoms with Gasteiger partial charge in [-0.2, -0.15) is 0 Å². The summed E-state index contributed by atoms with van der Waals surface area (Å²) >= 11 is 0. The van der Waals surface area contributed by atoms with Crippen LogP contribution in [-0.2, 0) is 30.3 Å². The number of rotatable bonds is 10. The minimum atomic E-state index is -0.931. The third-order valence-corrected chi connectivity index (χ3v) is 6.49. The third-order valence-electron chi connectivity index (χ3n) is 6.49. The molecule has 1 unspecified atom stereocenters. The van der Waals surface area contributed by atoms with Gasteiger partial charge in [0.05, 0.1) is 6.54 Å². The van der Waals surface area contributed by atoms with Crippen LogP contribution in [0.1, 0.15) is 43.4 Å². The predicted molar refractivity (Wildman–Crippen MR) is 154 cm³/mol. The number of esters is 1. The molecule has 214 valence electrons. The van der Waals surface area contributed by atoms with E-state index in [2.05, 4.69) is 16.0 Å². The van der Waals surface area contributed by atoms with Crippen LogP contribution in [0.3, 0.4) is 0 Å². The molecule has 0 aromatic heterocycles. The summed E-state index contributed by atoms with van der Waals surface area (Å²) in [6.45, 7) is 4.61. The molecule has 0 bridgehead atoms. The number of nitrogens with one attached hydrogen (secondary N) is 3. The lowest BCUT2D eigenvalue weighted by molar-refractivity contribution is -0.158. The van der Waals surface area contributed by atoms with Crippen LogP contribution in [-0.4, -0.2) is 55.2 Å². The van der Waals surface area contributed by atoms with E-state index in [4.69, 9.17) is 9.47 Å². The van der Waals surface area contributed by atoms with Crippen LogP contribution in [0.5, 0.6) is 0 Å². The number of amides is 3. The van der Waals surface area contributed by atoms with E-state index in [1.54, 1.807) is 20.8 Å². The van der Waals surface area contributed by atoms with Crippen molar-refractivity contribution in [3.05, 3.63) is 95.6 Å². The first-order chi connectivity index (χ1) is 19.6. The fourth-order valence-electron chi connectivity index (χ4n) is 4.70. The first-order valence-electron chi connectivity index (χ1n) is 13.5. The van der Waals surface area contributed by atoms with Gasteiger partial charge < -0.3 is 25.4 Å². The van der Waals surface area contributed by atoms with E-state index in [1.165, 1.54) is 0 Å². The minimum absolute atomic E-state index is 0.0977. The number of carbonyl (C=O) groups excluding carboxylic acids is 4. The molecule has 0 heterocycles. The van der Waals surface area contributed by atoms with Gasteiger partial charge in [-0.15, -0.1) is 0 Å². The van der Waals surface area contributed by atoms with Gasteiger partial charge in [0.15, 0.2) is 0 Å². The summed E-state index contributed by atoms with van der Waals surface area (Å²) in [4.78, 5) is 49.9. The zero-order valence-electron chi connectivity index (χ0n) is 23.4. The number of hydrogen-bond acceptors (Lipinski definition) is 6. The molecule has 1 atom stereocenters. The zero-order chi connectivity index (χ0) is 29.4. The second-order valence-corrected chi connectivity index (χ2v) is 10.8. The van der Waals surface area contributed by atoms with Crippen molar-refractivity contribution in [2.45, 2.75) is 44.8 Å². The van der Waals surface area contributed by atoms with Crippen molar-refractivity contribution >= 4 is 23.9 Å². The van der Waals surface area contributed by atoms with E-state index in [0.29, 0.717) is 0 Å². The van der Waals surface area contributed by atoms with Gasteiger partial charge in [0.25, 0.3) is 0 Å². The fraction of sp³-hybridized carbons (Fsp3) is 0.312. The van der Waals surface area contributed by atoms with Crippen molar-refractivity contribution in [2.24, 2.45) is 0 Å².